The Balaban J connectivity index is 1.63. The van der Waals surface area contributed by atoms with Gasteiger partial charge in [-0.3, -0.25) is 9.10 Å². The first-order valence-corrected chi connectivity index (χ1v) is 15.1. The Morgan fingerprint density at radius 3 is 2.26 bits per heavy atom. The summed E-state index contributed by atoms with van der Waals surface area (Å²) >= 11 is 18.3. The fourth-order valence-electron chi connectivity index (χ4n) is 4.32. The van der Waals surface area contributed by atoms with E-state index in [1.54, 1.807) is 31.2 Å². The van der Waals surface area contributed by atoms with Crippen LogP contribution in [0.25, 0.3) is 5.69 Å². The number of amides is 1. The first-order chi connectivity index (χ1) is 20.1. The molecule has 1 amide bonds. The number of rotatable bonds is 8. The molecule has 0 aliphatic heterocycles. The molecule has 0 aliphatic carbocycles. The fraction of sp³-hybridized carbons (Fsp3) is 0.172. The Hall–Kier alpha value is -3.51. The number of sulfonamides is 1. The molecule has 0 saturated heterocycles. The maximum atomic E-state index is 13.6. The van der Waals surface area contributed by atoms with E-state index in [9.17, 15) is 26.4 Å². The number of aromatic nitrogens is 1. The zero-order valence-corrected chi connectivity index (χ0v) is 26.0. The Bertz CT molecular complexity index is 1820. The predicted molar refractivity (Wildman–Crippen MR) is 163 cm³/mol. The van der Waals surface area contributed by atoms with Crippen LogP contribution >= 0.6 is 34.8 Å². The van der Waals surface area contributed by atoms with Crippen molar-refractivity contribution in [3.8, 4) is 5.69 Å². The predicted octanol–water partition coefficient (Wildman–Crippen LogP) is 7.73. The van der Waals surface area contributed by atoms with Crippen LogP contribution in [-0.2, 0) is 21.0 Å². The van der Waals surface area contributed by atoms with Gasteiger partial charge >= 0.3 is 6.18 Å². The maximum Gasteiger partial charge on any atom is 0.417 e. The van der Waals surface area contributed by atoms with E-state index in [4.69, 9.17) is 34.8 Å². The van der Waals surface area contributed by atoms with Gasteiger partial charge in [-0.05, 0) is 75.4 Å². The van der Waals surface area contributed by atoms with Gasteiger partial charge in [-0.25, -0.2) is 13.8 Å². The molecule has 43 heavy (non-hydrogen) atoms. The molecule has 0 atom stereocenters. The molecule has 3 aromatic carbocycles. The highest BCUT2D eigenvalue weighted by molar-refractivity contribution is 7.92. The first kappa shape index (κ1) is 32.4. The topological polar surface area (TPSA) is 83.8 Å². The minimum Gasteiger partial charge on any atom is -0.316 e. The molecule has 0 spiro atoms. The van der Waals surface area contributed by atoms with Gasteiger partial charge < -0.3 is 4.57 Å². The molecule has 0 unspecified atom stereocenters. The molecule has 0 saturated carbocycles. The summed E-state index contributed by atoms with van der Waals surface area (Å²) in [6.07, 6.45) is -3.50. The van der Waals surface area contributed by atoms with Crippen LogP contribution in [0.1, 0.15) is 28.1 Å². The van der Waals surface area contributed by atoms with Crippen molar-refractivity contribution in [1.29, 1.82) is 0 Å². The number of hydrogen-bond donors (Lipinski definition) is 1. The van der Waals surface area contributed by atoms with Gasteiger partial charge in [0.25, 0.3) is 15.9 Å². The third kappa shape index (κ3) is 7.18. The average molecular weight is 672 g/mol. The Morgan fingerprint density at radius 1 is 0.953 bits per heavy atom. The minimum absolute atomic E-state index is 0.218. The number of halogens is 6. The number of anilines is 1. The van der Waals surface area contributed by atoms with Gasteiger partial charge in [0.15, 0.2) is 0 Å². The van der Waals surface area contributed by atoms with Crippen LogP contribution in [0.3, 0.4) is 0 Å². The van der Waals surface area contributed by atoms with Crippen LogP contribution in [0.15, 0.2) is 76.7 Å². The molecule has 1 aromatic heterocycles. The first-order valence-electron chi connectivity index (χ1n) is 12.5. The number of benzene rings is 3. The van der Waals surface area contributed by atoms with Gasteiger partial charge in [0.1, 0.15) is 6.54 Å². The molecule has 4 aromatic rings. The van der Waals surface area contributed by atoms with Crippen LogP contribution < -0.4 is 9.73 Å². The Kier molecular flexibility index (Phi) is 9.51. The summed E-state index contributed by atoms with van der Waals surface area (Å²) in [5.41, 5.74) is 4.16. The van der Waals surface area contributed by atoms with E-state index < -0.39 is 44.9 Å². The molecule has 226 valence electrons. The second-order valence-electron chi connectivity index (χ2n) is 9.54. The highest BCUT2D eigenvalue weighted by atomic mass is 35.5. The molecule has 0 radical (unpaired) electrons. The molecule has 0 bridgehead atoms. The lowest BCUT2D eigenvalue weighted by Gasteiger charge is -2.25. The quantitative estimate of drug-likeness (QED) is 0.154. The lowest BCUT2D eigenvalue weighted by molar-refractivity contribution is -0.137. The standard InChI is InChI=1S/C29H24Cl3F3N4O3S/c1-17-4-8-23(9-5-17)43(41,42)38(22-7-11-25(31)24(14-22)29(33,34)35)16-28(40)37-36-15-20-12-18(2)39(19(20)3)27-13-21(30)6-10-26(27)32/h4-15H,16H2,1-3H3,(H,37,40)/b36-15-. The van der Waals surface area contributed by atoms with Gasteiger partial charge in [0.2, 0.25) is 0 Å². The molecular weight excluding hydrogens is 648 g/mol. The molecule has 1 N–H and O–H groups in total. The number of nitrogens with zero attached hydrogens (tertiary/aromatic N) is 3. The third-order valence-electron chi connectivity index (χ3n) is 6.45. The van der Waals surface area contributed by atoms with Gasteiger partial charge in [0.05, 0.1) is 38.1 Å². The Morgan fingerprint density at radius 2 is 1.60 bits per heavy atom. The van der Waals surface area contributed by atoms with Gasteiger partial charge in [-0.1, -0.05) is 52.5 Å². The van der Waals surface area contributed by atoms with E-state index in [1.807, 2.05) is 18.4 Å². The zero-order chi connectivity index (χ0) is 31.7. The van der Waals surface area contributed by atoms with E-state index in [2.05, 4.69) is 10.5 Å². The maximum absolute atomic E-state index is 13.6. The van der Waals surface area contributed by atoms with Crippen molar-refractivity contribution in [1.82, 2.24) is 9.99 Å². The van der Waals surface area contributed by atoms with E-state index in [1.165, 1.54) is 30.5 Å². The van der Waals surface area contributed by atoms with Crippen LogP contribution in [0.2, 0.25) is 15.1 Å². The number of hydrogen-bond acceptors (Lipinski definition) is 4. The Labute approximate surface area is 261 Å². The van der Waals surface area contributed by atoms with Crippen LogP contribution in [0.4, 0.5) is 18.9 Å². The number of carbonyl (C=O) groups is 1. The second kappa shape index (κ2) is 12.6. The largest absolute Gasteiger partial charge is 0.417 e. The van der Waals surface area contributed by atoms with Crippen molar-refractivity contribution in [3.05, 3.63) is 110 Å². The van der Waals surface area contributed by atoms with Gasteiger partial charge in [-0.15, -0.1) is 0 Å². The van der Waals surface area contributed by atoms with Gasteiger partial charge in [0, 0.05) is 22.0 Å². The monoisotopic (exact) mass is 670 g/mol. The van der Waals surface area contributed by atoms with Crippen molar-refractivity contribution in [2.45, 2.75) is 31.8 Å². The van der Waals surface area contributed by atoms with Crippen LogP contribution in [0, 0.1) is 20.8 Å². The summed E-state index contributed by atoms with van der Waals surface area (Å²) in [5, 5.41) is 4.29. The fourth-order valence-corrected chi connectivity index (χ4v) is 6.33. The number of aryl methyl sites for hydroxylation is 2. The summed E-state index contributed by atoms with van der Waals surface area (Å²) < 4.78 is 70.3. The number of nitrogens with one attached hydrogen (secondary N) is 1. The highest BCUT2D eigenvalue weighted by Gasteiger charge is 2.35. The van der Waals surface area contributed by atoms with Gasteiger partial charge in [-0.2, -0.15) is 18.3 Å². The molecule has 4 rings (SSSR count). The minimum atomic E-state index is -4.86. The van der Waals surface area contributed by atoms with Crippen molar-refractivity contribution >= 4 is 62.6 Å². The molecular formula is C29H24Cl3F3N4O3S. The average Bonchev–Trinajstić information content (AvgIpc) is 3.21. The third-order valence-corrected chi connectivity index (χ3v) is 9.12. The molecule has 0 fully saturated rings. The number of alkyl halides is 3. The second-order valence-corrected chi connectivity index (χ2v) is 12.7. The summed E-state index contributed by atoms with van der Waals surface area (Å²) in [5.74, 6) is -0.901. The van der Waals surface area contributed by atoms with Crippen molar-refractivity contribution < 1.29 is 26.4 Å². The molecule has 14 heteroatoms. The lowest BCUT2D eigenvalue weighted by Crippen LogP contribution is -2.39. The lowest BCUT2D eigenvalue weighted by atomic mass is 10.2. The van der Waals surface area contributed by atoms with Crippen LogP contribution in [0.5, 0.6) is 0 Å². The normalized spacial score (nSPS) is 12.1. The van der Waals surface area contributed by atoms with E-state index in [0.29, 0.717) is 31.7 Å². The number of carbonyl (C=O) groups excluding carboxylic acids is 1. The summed E-state index contributed by atoms with van der Waals surface area (Å²) in [6, 6.07) is 15.1. The summed E-state index contributed by atoms with van der Waals surface area (Å²) in [4.78, 5) is 12.7. The van der Waals surface area contributed by atoms with Crippen molar-refractivity contribution in [2.75, 3.05) is 10.8 Å². The van der Waals surface area contributed by atoms with E-state index in [0.717, 1.165) is 29.1 Å². The number of hydrazone groups is 1. The highest BCUT2D eigenvalue weighted by Crippen LogP contribution is 2.38. The molecule has 7 nitrogen and oxygen atoms in total. The summed E-state index contributed by atoms with van der Waals surface area (Å²) in [6.45, 7) is 4.52. The van der Waals surface area contributed by atoms with E-state index in [-0.39, 0.29) is 4.90 Å². The smallest absolute Gasteiger partial charge is 0.316 e. The summed E-state index contributed by atoms with van der Waals surface area (Å²) in [7, 11) is -4.48. The zero-order valence-electron chi connectivity index (χ0n) is 22.9. The molecule has 1 heterocycles. The van der Waals surface area contributed by atoms with Crippen molar-refractivity contribution in [3.63, 3.8) is 0 Å². The van der Waals surface area contributed by atoms with Crippen LogP contribution in [-0.4, -0.2) is 31.7 Å². The van der Waals surface area contributed by atoms with E-state index >= 15 is 0 Å². The van der Waals surface area contributed by atoms with Crippen molar-refractivity contribution in [2.24, 2.45) is 5.10 Å². The SMILES string of the molecule is Cc1ccc(S(=O)(=O)N(CC(=O)N/N=C\c2cc(C)n(-c3cc(Cl)ccc3Cl)c2C)c2ccc(Cl)c(C(F)(F)F)c2)cc1. The molecule has 0 aliphatic rings.